The van der Waals surface area contributed by atoms with E-state index < -0.39 is 6.04 Å². The fraction of sp³-hybridized carbons (Fsp3) is 0.526. The fourth-order valence-corrected chi connectivity index (χ4v) is 2.85. The van der Waals surface area contributed by atoms with Gasteiger partial charge in [-0.1, -0.05) is 43.6 Å². The number of hydrogen-bond donors (Lipinski definition) is 3. The molecular formula is C19H28BrN3O3. The summed E-state index contributed by atoms with van der Waals surface area (Å²) in [6.07, 6.45) is 0.361. The molecule has 0 saturated carbocycles. The maximum Gasteiger partial charge on any atom is 0.243 e. The molecule has 6 nitrogen and oxygen atoms in total. The van der Waals surface area contributed by atoms with Crippen LogP contribution < -0.4 is 16.0 Å². The summed E-state index contributed by atoms with van der Waals surface area (Å²) in [5.41, 5.74) is 1.61. The Kier molecular flexibility index (Phi) is 8.78. The molecule has 0 aromatic heterocycles. The van der Waals surface area contributed by atoms with E-state index in [2.05, 4.69) is 31.9 Å². The second-order valence-corrected chi connectivity index (χ2v) is 8.03. The number of carbonyl (C=O) groups is 3. The molecule has 0 aliphatic rings. The summed E-state index contributed by atoms with van der Waals surface area (Å²) < 4.78 is 0.929. The first-order chi connectivity index (χ1) is 12.1. The lowest BCUT2D eigenvalue weighted by Gasteiger charge is -2.22. The number of carbonyl (C=O) groups excluding carboxylic acids is 3. The van der Waals surface area contributed by atoms with Gasteiger partial charge in [-0.05, 0) is 42.5 Å². The molecule has 1 unspecified atom stereocenters. The maximum atomic E-state index is 12.4. The topological polar surface area (TPSA) is 87.3 Å². The van der Waals surface area contributed by atoms with Crippen molar-refractivity contribution in [1.29, 1.82) is 0 Å². The van der Waals surface area contributed by atoms with E-state index >= 15 is 0 Å². The minimum Gasteiger partial charge on any atom is -0.345 e. The Bertz CT molecular complexity index is 659. The number of rotatable bonds is 8. The number of nitrogens with one attached hydrogen (secondary N) is 3. The van der Waals surface area contributed by atoms with Gasteiger partial charge in [0.15, 0.2) is 0 Å². The van der Waals surface area contributed by atoms with Crippen molar-refractivity contribution in [3.63, 3.8) is 0 Å². The van der Waals surface area contributed by atoms with E-state index in [1.54, 1.807) is 6.07 Å². The highest BCUT2D eigenvalue weighted by molar-refractivity contribution is 9.10. The highest BCUT2D eigenvalue weighted by Gasteiger charge is 2.24. The minimum atomic E-state index is -0.663. The summed E-state index contributed by atoms with van der Waals surface area (Å²) in [5, 5.41) is 8.11. The minimum absolute atomic E-state index is 0.0807. The highest BCUT2D eigenvalue weighted by Crippen LogP contribution is 2.19. The van der Waals surface area contributed by atoms with Crippen molar-refractivity contribution < 1.29 is 14.4 Å². The fourth-order valence-electron chi connectivity index (χ4n) is 2.38. The smallest absolute Gasteiger partial charge is 0.243 e. The van der Waals surface area contributed by atoms with Crippen LogP contribution in [0.1, 0.15) is 39.7 Å². The molecule has 0 spiro atoms. The van der Waals surface area contributed by atoms with Crippen LogP contribution >= 0.6 is 15.9 Å². The van der Waals surface area contributed by atoms with Crippen LogP contribution in [-0.2, 0) is 14.4 Å². The van der Waals surface area contributed by atoms with Crippen LogP contribution in [0.5, 0.6) is 0 Å². The second-order valence-electron chi connectivity index (χ2n) is 7.11. The lowest BCUT2D eigenvalue weighted by molar-refractivity contribution is -0.131. The molecule has 3 amide bonds. The Morgan fingerprint density at radius 3 is 2.27 bits per heavy atom. The summed E-state index contributed by atoms with van der Waals surface area (Å²) >= 11 is 3.37. The molecule has 0 bridgehead atoms. The van der Waals surface area contributed by atoms with Crippen molar-refractivity contribution in [2.24, 2.45) is 11.8 Å². The van der Waals surface area contributed by atoms with Gasteiger partial charge < -0.3 is 16.0 Å². The average molecular weight is 426 g/mol. The van der Waals surface area contributed by atoms with E-state index in [9.17, 15) is 14.4 Å². The zero-order chi connectivity index (χ0) is 19.9. The van der Waals surface area contributed by atoms with E-state index in [0.29, 0.717) is 12.1 Å². The van der Waals surface area contributed by atoms with Gasteiger partial charge in [-0.15, -0.1) is 0 Å². The van der Waals surface area contributed by atoms with Crippen LogP contribution in [0.15, 0.2) is 22.7 Å². The molecule has 1 aromatic carbocycles. The van der Waals surface area contributed by atoms with Gasteiger partial charge in [-0.25, -0.2) is 0 Å². The third-order valence-corrected chi connectivity index (χ3v) is 4.24. The van der Waals surface area contributed by atoms with Gasteiger partial charge in [0.2, 0.25) is 17.7 Å². The zero-order valence-corrected chi connectivity index (χ0v) is 17.6. The summed E-state index contributed by atoms with van der Waals surface area (Å²) in [5.74, 6) is -0.711. The number of halogens is 1. The number of benzene rings is 1. The van der Waals surface area contributed by atoms with Gasteiger partial charge in [0.05, 0.1) is 6.54 Å². The molecule has 0 aliphatic heterocycles. The Balaban J connectivity index is 2.58. The van der Waals surface area contributed by atoms with Crippen LogP contribution in [-0.4, -0.2) is 30.3 Å². The van der Waals surface area contributed by atoms with Gasteiger partial charge in [0.1, 0.15) is 6.04 Å². The molecule has 0 radical (unpaired) electrons. The van der Waals surface area contributed by atoms with Crippen LogP contribution in [0, 0.1) is 18.8 Å². The Morgan fingerprint density at radius 2 is 1.73 bits per heavy atom. The normalized spacial score (nSPS) is 12.0. The molecule has 0 heterocycles. The van der Waals surface area contributed by atoms with Crippen molar-refractivity contribution in [3.05, 3.63) is 28.2 Å². The number of hydrogen-bond acceptors (Lipinski definition) is 3. The number of amides is 3. The second kappa shape index (κ2) is 10.3. The summed E-state index contributed by atoms with van der Waals surface area (Å²) in [4.78, 5) is 36.4. The standard InChI is InChI=1S/C19H28BrN3O3/c1-11(2)8-16(24)23-18(12(3)4)19(26)21-10-17(25)22-15-7-6-14(20)9-13(15)5/h6-7,9,11-12,18H,8,10H2,1-5H3,(H,21,26)(H,22,25)(H,23,24). The zero-order valence-electron chi connectivity index (χ0n) is 16.0. The third-order valence-electron chi connectivity index (χ3n) is 3.74. The van der Waals surface area contributed by atoms with Gasteiger partial charge in [0.25, 0.3) is 0 Å². The molecule has 26 heavy (non-hydrogen) atoms. The molecule has 1 aromatic rings. The van der Waals surface area contributed by atoms with Crippen LogP contribution in [0.25, 0.3) is 0 Å². The van der Waals surface area contributed by atoms with Gasteiger partial charge in [0, 0.05) is 16.6 Å². The molecule has 3 N–H and O–H groups in total. The molecule has 0 aliphatic carbocycles. The predicted molar refractivity (Wildman–Crippen MR) is 107 cm³/mol. The van der Waals surface area contributed by atoms with Gasteiger partial charge >= 0.3 is 0 Å². The van der Waals surface area contributed by atoms with Crippen LogP contribution in [0.2, 0.25) is 0 Å². The molecule has 1 atom stereocenters. The van der Waals surface area contributed by atoms with E-state index in [4.69, 9.17) is 0 Å². The third kappa shape index (κ3) is 7.56. The van der Waals surface area contributed by atoms with Crippen LogP contribution in [0.4, 0.5) is 5.69 Å². The van der Waals surface area contributed by atoms with Gasteiger partial charge in [-0.3, -0.25) is 14.4 Å². The van der Waals surface area contributed by atoms with Gasteiger partial charge in [-0.2, -0.15) is 0 Å². The van der Waals surface area contributed by atoms with Crippen molar-refractivity contribution in [3.8, 4) is 0 Å². The summed E-state index contributed by atoms with van der Waals surface area (Å²) in [7, 11) is 0. The molecule has 1 rings (SSSR count). The Morgan fingerprint density at radius 1 is 1.08 bits per heavy atom. The molecule has 144 valence electrons. The highest BCUT2D eigenvalue weighted by atomic mass is 79.9. The molecule has 0 fully saturated rings. The molecule has 7 heteroatoms. The maximum absolute atomic E-state index is 12.4. The monoisotopic (exact) mass is 425 g/mol. The van der Waals surface area contributed by atoms with Crippen molar-refractivity contribution >= 4 is 39.3 Å². The summed E-state index contributed by atoms with van der Waals surface area (Å²) in [6.45, 7) is 9.32. The lowest BCUT2D eigenvalue weighted by Crippen LogP contribution is -2.51. The number of anilines is 1. The molecular weight excluding hydrogens is 398 g/mol. The lowest BCUT2D eigenvalue weighted by atomic mass is 10.0. The van der Waals surface area contributed by atoms with Crippen molar-refractivity contribution in [2.45, 2.75) is 47.1 Å². The Labute approximate surface area is 163 Å². The van der Waals surface area contributed by atoms with Crippen molar-refractivity contribution in [1.82, 2.24) is 10.6 Å². The van der Waals surface area contributed by atoms with E-state index in [1.807, 2.05) is 46.8 Å². The number of aryl methyl sites for hydroxylation is 1. The quantitative estimate of drug-likeness (QED) is 0.597. The van der Waals surface area contributed by atoms with Crippen molar-refractivity contribution in [2.75, 3.05) is 11.9 Å². The largest absolute Gasteiger partial charge is 0.345 e. The summed E-state index contributed by atoms with van der Waals surface area (Å²) in [6, 6.07) is 4.86. The first-order valence-electron chi connectivity index (χ1n) is 8.73. The van der Waals surface area contributed by atoms with Crippen LogP contribution in [0.3, 0.4) is 0 Å². The average Bonchev–Trinajstić information content (AvgIpc) is 2.52. The first-order valence-corrected chi connectivity index (χ1v) is 9.52. The Hall–Kier alpha value is -1.89. The van der Waals surface area contributed by atoms with E-state index in [0.717, 1.165) is 10.0 Å². The molecule has 0 saturated heterocycles. The van der Waals surface area contributed by atoms with E-state index in [-0.39, 0.29) is 36.1 Å². The predicted octanol–water partition coefficient (Wildman–Crippen LogP) is 3.00. The SMILES string of the molecule is Cc1cc(Br)ccc1NC(=O)CNC(=O)C(NC(=O)CC(C)C)C(C)C. The first kappa shape index (κ1) is 22.2. The van der Waals surface area contributed by atoms with E-state index in [1.165, 1.54) is 0 Å².